The zero-order chi connectivity index (χ0) is 59.9. The summed E-state index contributed by atoms with van der Waals surface area (Å²) in [5, 5.41) is 3.40. The van der Waals surface area contributed by atoms with Crippen LogP contribution in [0, 0.1) is 0 Å². The highest BCUT2D eigenvalue weighted by Crippen LogP contribution is 2.39. The molecule has 0 N–H and O–H groups in total. The third-order valence-electron chi connectivity index (χ3n) is 15.6. The number of furan rings is 1. The molecule has 0 bridgehead atoms. The van der Waals surface area contributed by atoms with Gasteiger partial charge in [0.2, 0.25) is 6.79 Å². The molecule has 14 rings (SSSR count). The van der Waals surface area contributed by atoms with Gasteiger partial charge in [-0.05, 0) is 134 Å². The SMILES string of the molecule is CC(C)c1cccc2c1=NCN=2.CC(C)c1cccc2c1C=CC2.CC(C)c1cccc2c1CCO2.CC(C)c1cccc2c1OCC2.CC(C)c1cccc2c1OCO2.CC(C)c1cccc2ncoc12.CC(C)c1cccc2occc12. The van der Waals surface area contributed by atoms with Crippen LogP contribution in [0.15, 0.2) is 171 Å². The van der Waals surface area contributed by atoms with Crippen molar-refractivity contribution in [1.29, 1.82) is 0 Å². The molecule has 0 atom stereocenters. The van der Waals surface area contributed by atoms with Crippen LogP contribution in [-0.2, 0) is 19.3 Å². The molecule has 4 aliphatic heterocycles. The minimum Gasteiger partial charge on any atom is -0.493 e. The predicted octanol–water partition coefficient (Wildman–Crippen LogP) is 18.9. The van der Waals surface area contributed by atoms with Gasteiger partial charge in [-0.25, -0.2) is 4.98 Å². The Hall–Kier alpha value is -7.91. The topological polar surface area (TPSA) is 101 Å². The molecule has 0 saturated carbocycles. The number of para-hydroxylation sites is 4. The molecule has 0 radical (unpaired) electrons. The van der Waals surface area contributed by atoms with Crippen molar-refractivity contribution in [3.8, 4) is 23.0 Å². The molecule has 9 heteroatoms. The maximum absolute atomic E-state index is 5.59. The van der Waals surface area contributed by atoms with Gasteiger partial charge in [0, 0.05) is 29.4 Å². The molecule has 9 nitrogen and oxygen atoms in total. The van der Waals surface area contributed by atoms with E-state index >= 15 is 0 Å². The van der Waals surface area contributed by atoms with Crippen LogP contribution in [-0.4, -0.2) is 31.7 Å². The second kappa shape index (κ2) is 29.6. The molecule has 9 aromatic rings. The zero-order valence-electron chi connectivity index (χ0n) is 52.3. The van der Waals surface area contributed by atoms with Crippen LogP contribution in [0.25, 0.3) is 28.1 Å². The van der Waals surface area contributed by atoms with Crippen molar-refractivity contribution in [2.24, 2.45) is 9.98 Å². The third kappa shape index (κ3) is 15.4. The first kappa shape index (κ1) is 62.1. The van der Waals surface area contributed by atoms with E-state index in [1.54, 1.807) is 6.26 Å². The third-order valence-corrected chi connectivity index (χ3v) is 15.6. The maximum Gasteiger partial charge on any atom is 0.231 e. The van der Waals surface area contributed by atoms with E-state index in [0.29, 0.717) is 54.9 Å². The lowest BCUT2D eigenvalue weighted by atomic mass is 9.95. The predicted molar refractivity (Wildman–Crippen MR) is 345 cm³/mol. The van der Waals surface area contributed by atoms with Gasteiger partial charge in [-0.2, -0.15) is 0 Å². The summed E-state index contributed by atoms with van der Waals surface area (Å²) in [4.78, 5) is 12.7. The normalized spacial score (nSPS) is 13.3. The molecular formula is C75H89N3O6. The van der Waals surface area contributed by atoms with E-state index in [1.165, 1.54) is 73.0 Å². The Morgan fingerprint density at radius 3 is 1.71 bits per heavy atom. The Kier molecular flexibility index (Phi) is 21.9. The lowest BCUT2D eigenvalue weighted by Gasteiger charge is -2.10. The number of hydrogen-bond acceptors (Lipinski definition) is 9. The highest BCUT2D eigenvalue weighted by molar-refractivity contribution is 5.81. The van der Waals surface area contributed by atoms with Gasteiger partial charge < -0.3 is 27.8 Å². The fraction of sp³-hybridized carbons (Fsp3) is 0.373. The lowest BCUT2D eigenvalue weighted by Crippen LogP contribution is -2.26. The number of fused-ring (bicyclic) bond motifs is 7. The number of ether oxygens (including phenoxy) is 4. The molecule has 440 valence electrons. The van der Waals surface area contributed by atoms with E-state index in [0.717, 1.165) is 82.9 Å². The molecule has 5 aliphatic rings. The van der Waals surface area contributed by atoms with E-state index in [-0.39, 0.29) is 0 Å². The zero-order valence-corrected chi connectivity index (χ0v) is 52.3. The van der Waals surface area contributed by atoms with Gasteiger partial charge in [-0.3, -0.25) is 9.98 Å². The van der Waals surface area contributed by atoms with E-state index in [4.69, 9.17) is 27.8 Å². The van der Waals surface area contributed by atoms with E-state index in [2.05, 4.69) is 209 Å². The molecule has 0 amide bonds. The summed E-state index contributed by atoms with van der Waals surface area (Å²) < 4.78 is 32.3. The lowest BCUT2D eigenvalue weighted by molar-refractivity contribution is 0.173. The van der Waals surface area contributed by atoms with Crippen LogP contribution in [0.3, 0.4) is 0 Å². The number of rotatable bonds is 7. The maximum atomic E-state index is 5.59. The van der Waals surface area contributed by atoms with Gasteiger partial charge >= 0.3 is 0 Å². The summed E-state index contributed by atoms with van der Waals surface area (Å²) >= 11 is 0. The summed E-state index contributed by atoms with van der Waals surface area (Å²) in [5.74, 6) is 7.94. The van der Waals surface area contributed by atoms with Crippen molar-refractivity contribution >= 4 is 28.1 Å². The van der Waals surface area contributed by atoms with Gasteiger partial charge in [-0.1, -0.05) is 206 Å². The van der Waals surface area contributed by atoms with E-state index < -0.39 is 0 Å². The Labute approximate surface area is 499 Å². The molecule has 0 unspecified atom stereocenters. The average molecular weight is 1130 g/mol. The first-order valence-electron chi connectivity index (χ1n) is 30.4. The minimum atomic E-state index is 0.360. The number of oxazole rings is 1. The van der Waals surface area contributed by atoms with Gasteiger partial charge in [0.05, 0.1) is 30.2 Å². The molecular weight excluding hydrogens is 1040 g/mol. The Morgan fingerprint density at radius 2 is 1.00 bits per heavy atom. The fourth-order valence-electron chi connectivity index (χ4n) is 11.1. The quantitative estimate of drug-likeness (QED) is 0.157. The molecule has 2 aromatic heterocycles. The number of hydrogen-bond donors (Lipinski definition) is 0. The Bertz CT molecular complexity index is 3510. The summed E-state index contributed by atoms with van der Waals surface area (Å²) in [5.41, 5.74) is 18.0. The second-order valence-electron chi connectivity index (χ2n) is 23.9. The van der Waals surface area contributed by atoms with Crippen LogP contribution < -0.4 is 29.7 Å². The monoisotopic (exact) mass is 1130 g/mol. The highest BCUT2D eigenvalue weighted by atomic mass is 16.7. The standard InChI is InChI=1S/C12H14.C11H14O.C11H12O.C11H14O.C10H12N2.C10H11NO.C10H12O2/c1-9(2)11-7-3-5-10-6-4-8-12(10)11;2*1-8(2)9-4-3-5-11-10(9)6-7-12-11;1-8(2)10-5-3-4-9-6-7-12-11(9)10;3*1-7(2)8-4-3-5-9-10(8)12-6-11-9/h3-5,7-9H,6H2,1-2H3;3-5,8H,6-7H2,1-2H3;3-8H,1-2H3;3-5,8H,6-7H2,1-2H3;3-5,7H,6H2,1-2H3;3-7H,1-2H3;3-5,7H,6H2,1-2H3. The number of benzene rings is 7. The Morgan fingerprint density at radius 1 is 0.429 bits per heavy atom. The Balaban J connectivity index is 0.000000128. The molecule has 0 saturated heterocycles. The van der Waals surface area contributed by atoms with Gasteiger partial charge in [0.25, 0.3) is 0 Å². The van der Waals surface area contributed by atoms with E-state index in [9.17, 15) is 0 Å². The van der Waals surface area contributed by atoms with Gasteiger partial charge in [0.15, 0.2) is 23.5 Å². The average Bonchev–Trinajstić information content (AvgIpc) is 4.55. The van der Waals surface area contributed by atoms with Crippen LogP contribution >= 0.6 is 0 Å². The second-order valence-corrected chi connectivity index (χ2v) is 23.9. The van der Waals surface area contributed by atoms with Gasteiger partial charge in [-0.15, -0.1) is 0 Å². The number of allylic oxidation sites excluding steroid dienone is 1. The fourth-order valence-corrected chi connectivity index (χ4v) is 11.1. The van der Waals surface area contributed by atoms with Crippen molar-refractivity contribution in [2.75, 3.05) is 26.7 Å². The summed E-state index contributed by atoms with van der Waals surface area (Å²) in [7, 11) is 0. The minimum absolute atomic E-state index is 0.360. The molecule has 84 heavy (non-hydrogen) atoms. The molecule has 1 aliphatic carbocycles. The molecule has 6 heterocycles. The first-order valence-corrected chi connectivity index (χ1v) is 30.4. The van der Waals surface area contributed by atoms with Crippen LogP contribution in [0.4, 0.5) is 0 Å². The van der Waals surface area contributed by atoms with E-state index in [1.807, 2.05) is 48.5 Å². The van der Waals surface area contributed by atoms with Crippen LogP contribution in [0.5, 0.6) is 23.0 Å². The van der Waals surface area contributed by atoms with Crippen molar-refractivity contribution in [3.63, 3.8) is 0 Å². The largest absolute Gasteiger partial charge is 0.493 e. The first-order chi connectivity index (χ1) is 40.5. The number of aromatic nitrogens is 1. The van der Waals surface area contributed by atoms with Crippen molar-refractivity contribution in [2.45, 2.75) is 158 Å². The molecule has 0 spiro atoms. The summed E-state index contributed by atoms with van der Waals surface area (Å²) in [6.07, 6.45) is 11.0. The summed E-state index contributed by atoms with van der Waals surface area (Å²) in [6.45, 7) is 33.4. The highest BCUT2D eigenvalue weighted by Gasteiger charge is 2.20. The van der Waals surface area contributed by atoms with Crippen molar-refractivity contribution < 1.29 is 27.8 Å². The summed E-state index contributed by atoms with van der Waals surface area (Å²) in [6, 6.07) is 46.0. The van der Waals surface area contributed by atoms with Crippen molar-refractivity contribution in [1.82, 2.24) is 4.98 Å². The number of nitrogens with zero attached hydrogens (tertiary/aromatic N) is 3. The van der Waals surface area contributed by atoms with Crippen molar-refractivity contribution in [3.05, 3.63) is 224 Å². The van der Waals surface area contributed by atoms with Crippen LogP contribution in [0.2, 0.25) is 0 Å². The van der Waals surface area contributed by atoms with Gasteiger partial charge in [0.1, 0.15) is 29.3 Å². The molecule has 7 aromatic carbocycles. The molecule has 0 fully saturated rings. The van der Waals surface area contributed by atoms with Crippen LogP contribution in [0.1, 0.15) is 200 Å². The smallest absolute Gasteiger partial charge is 0.231 e.